The SMILES string of the molecule is CC(C)(C)OC(=O)Nc1ccc(N=[N+]=[N-])cc1F. The van der Waals surface area contributed by atoms with E-state index in [4.69, 9.17) is 10.3 Å². The van der Waals surface area contributed by atoms with Crippen LogP contribution in [0.1, 0.15) is 20.8 Å². The Hall–Kier alpha value is -2.27. The number of halogens is 1. The third-order valence-electron chi connectivity index (χ3n) is 1.75. The van der Waals surface area contributed by atoms with Gasteiger partial charge in [-0.05, 0) is 38.4 Å². The highest BCUT2D eigenvalue weighted by Gasteiger charge is 2.17. The second-order valence-corrected chi connectivity index (χ2v) is 4.48. The lowest BCUT2D eigenvalue weighted by molar-refractivity contribution is 0.0635. The van der Waals surface area contributed by atoms with Gasteiger partial charge >= 0.3 is 6.09 Å². The predicted octanol–water partition coefficient (Wildman–Crippen LogP) is 4.11. The predicted molar refractivity (Wildman–Crippen MR) is 65.1 cm³/mol. The van der Waals surface area contributed by atoms with Gasteiger partial charge in [-0.1, -0.05) is 11.2 Å². The summed E-state index contributed by atoms with van der Waals surface area (Å²) in [6.45, 7) is 5.11. The monoisotopic (exact) mass is 252 g/mol. The van der Waals surface area contributed by atoms with Crippen LogP contribution >= 0.6 is 0 Å². The zero-order chi connectivity index (χ0) is 13.8. The van der Waals surface area contributed by atoms with Crippen molar-refractivity contribution in [1.29, 1.82) is 0 Å². The molecule has 0 aromatic heterocycles. The summed E-state index contributed by atoms with van der Waals surface area (Å²) in [5.41, 5.74) is 7.63. The zero-order valence-corrected chi connectivity index (χ0v) is 10.3. The van der Waals surface area contributed by atoms with Crippen LogP contribution in [0.2, 0.25) is 0 Å². The maximum atomic E-state index is 13.5. The van der Waals surface area contributed by atoms with Crippen LogP contribution in [0.15, 0.2) is 23.3 Å². The lowest BCUT2D eigenvalue weighted by Crippen LogP contribution is -2.27. The second kappa shape index (κ2) is 5.37. The number of benzene rings is 1. The van der Waals surface area contributed by atoms with Crippen molar-refractivity contribution in [2.75, 3.05) is 5.32 Å². The summed E-state index contributed by atoms with van der Waals surface area (Å²) in [4.78, 5) is 13.9. The van der Waals surface area contributed by atoms with Crippen molar-refractivity contribution >= 4 is 17.5 Å². The Kier molecular flexibility index (Phi) is 4.12. The van der Waals surface area contributed by atoms with Crippen molar-refractivity contribution in [1.82, 2.24) is 0 Å². The molecule has 0 saturated heterocycles. The molecule has 0 aliphatic heterocycles. The molecule has 1 aromatic carbocycles. The van der Waals surface area contributed by atoms with Crippen LogP contribution in [0.5, 0.6) is 0 Å². The lowest BCUT2D eigenvalue weighted by atomic mass is 10.2. The third-order valence-corrected chi connectivity index (χ3v) is 1.75. The Morgan fingerprint density at radius 3 is 2.67 bits per heavy atom. The Labute approximate surface area is 103 Å². The van der Waals surface area contributed by atoms with Crippen molar-refractivity contribution in [2.24, 2.45) is 5.11 Å². The molecule has 0 bridgehead atoms. The molecule has 0 unspecified atom stereocenters. The number of anilines is 1. The van der Waals surface area contributed by atoms with Crippen LogP contribution in [0, 0.1) is 5.82 Å². The van der Waals surface area contributed by atoms with Crippen LogP contribution in [-0.2, 0) is 4.74 Å². The first-order valence-electron chi connectivity index (χ1n) is 5.16. The minimum absolute atomic E-state index is 0.0406. The fourth-order valence-corrected chi connectivity index (χ4v) is 1.13. The Balaban J connectivity index is 2.80. The van der Waals surface area contributed by atoms with Crippen molar-refractivity contribution in [3.63, 3.8) is 0 Å². The third kappa shape index (κ3) is 4.31. The number of rotatable bonds is 2. The first-order valence-corrected chi connectivity index (χ1v) is 5.16. The standard InChI is InChI=1S/C11H13FN4O2/c1-11(2,3)18-10(17)14-9-5-4-7(15-16-13)6-8(9)12/h4-6H,1-3H3,(H,14,17). The first kappa shape index (κ1) is 13.8. The molecular weight excluding hydrogens is 239 g/mol. The largest absolute Gasteiger partial charge is 0.444 e. The highest BCUT2D eigenvalue weighted by molar-refractivity contribution is 5.85. The van der Waals surface area contributed by atoms with Gasteiger partial charge in [0.2, 0.25) is 0 Å². The molecule has 0 saturated carbocycles. The van der Waals surface area contributed by atoms with Gasteiger partial charge in [0, 0.05) is 10.6 Å². The Bertz CT molecular complexity index is 504. The Morgan fingerprint density at radius 1 is 1.50 bits per heavy atom. The smallest absolute Gasteiger partial charge is 0.412 e. The van der Waals surface area contributed by atoms with Gasteiger partial charge < -0.3 is 4.74 Å². The van der Waals surface area contributed by atoms with Gasteiger partial charge in [-0.3, -0.25) is 5.32 Å². The summed E-state index contributed by atoms with van der Waals surface area (Å²) >= 11 is 0. The maximum Gasteiger partial charge on any atom is 0.412 e. The topological polar surface area (TPSA) is 87.1 Å². The van der Waals surface area contributed by atoms with Gasteiger partial charge in [0.15, 0.2) is 0 Å². The van der Waals surface area contributed by atoms with Crippen molar-refractivity contribution < 1.29 is 13.9 Å². The van der Waals surface area contributed by atoms with E-state index in [1.165, 1.54) is 12.1 Å². The number of carbonyl (C=O) groups is 1. The van der Waals surface area contributed by atoms with E-state index < -0.39 is 17.5 Å². The molecule has 1 aromatic rings. The number of nitrogens with one attached hydrogen (secondary N) is 1. The van der Waals surface area contributed by atoms with Crippen LogP contribution < -0.4 is 5.32 Å². The summed E-state index contributed by atoms with van der Waals surface area (Å²) in [5.74, 6) is -0.703. The van der Waals surface area contributed by atoms with Gasteiger partial charge in [-0.2, -0.15) is 0 Å². The van der Waals surface area contributed by atoms with Crippen LogP contribution in [0.25, 0.3) is 10.4 Å². The molecule has 18 heavy (non-hydrogen) atoms. The highest BCUT2D eigenvalue weighted by atomic mass is 19.1. The summed E-state index contributed by atoms with van der Waals surface area (Å²) < 4.78 is 18.5. The van der Waals surface area contributed by atoms with Crippen molar-refractivity contribution in [3.8, 4) is 0 Å². The van der Waals surface area contributed by atoms with E-state index in [0.717, 1.165) is 6.07 Å². The molecule has 0 fully saturated rings. The number of hydrogen-bond acceptors (Lipinski definition) is 3. The molecule has 96 valence electrons. The van der Waals surface area contributed by atoms with E-state index in [2.05, 4.69) is 15.3 Å². The molecule has 1 amide bonds. The summed E-state index contributed by atoms with van der Waals surface area (Å²) in [7, 11) is 0. The molecule has 0 aliphatic carbocycles. The van der Waals surface area contributed by atoms with E-state index in [1.54, 1.807) is 20.8 Å². The number of nitrogens with zero attached hydrogens (tertiary/aromatic N) is 3. The average molecular weight is 252 g/mol. The van der Waals surface area contributed by atoms with Crippen molar-refractivity contribution in [3.05, 3.63) is 34.5 Å². The molecule has 1 rings (SSSR count). The van der Waals surface area contributed by atoms with E-state index in [0.29, 0.717) is 0 Å². The van der Waals surface area contributed by atoms with Crippen LogP contribution in [0.4, 0.5) is 20.6 Å². The first-order chi connectivity index (χ1) is 8.31. The maximum absolute atomic E-state index is 13.5. The number of carbonyl (C=O) groups excluding carboxylic acids is 1. The molecule has 7 heteroatoms. The van der Waals surface area contributed by atoms with Crippen molar-refractivity contribution in [2.45, 2.75) is 26.4 Å². The summed E-state index contributed by atoms with van der Waals surface area (Å²) in [5, 5.41) is 5.51. The van der Waals surface area contributed by atoms with Gasteiger partial charge in [-0.15, -0.1) is 0 Å². The fourth-order valence-electron chi connectivity index (χ4n) is 1.13. The van der Waals surface area contributed by atoms with Crippen LogP contribution in [0.3, 0.4) is 0 Å². The quantitative estimate of drug-likeness (QED) is 0.487. The van der Waals surface area contributed by atoms with E-state index >= 15 is 0 Å². The highest BCUT2D eigenvalue weighted by Crippen LogP contribution is 2.21. The normalized spacial score (nSPS) is 10.4. The second-order valence-electron chi connectivity index (χ2n) is 4.48. The molecule has 0 spiro atoms. The Morgan fingerprint density at radius 2 is 2.17 bits per heavy atom. The molecule has 1 N–H and O–H groups in total. The molecular formula is C11H13FN4O2. The van der Waals surface area contributed by atoms with Gasteiger partial charge in [0.1, 0.15) is 11.4 Å². The molecule has 0 aliphatic rings. The fraction of sp³-hybridized carbons (Fsp3) is 0.364. The van der Waals surface area contributed by atoms with Gasteiger partial charge in [0.25, 0.3) is 0 Å². The summed E-state index contributed by atoms with van der Waals surface area (Å²) in [6.07, 6.45) is -0.752. The minimum Gasteiger partial charge on any atom is -0.444 e. The number of azide groups is 1. The number of hydrogen-bond donors (Lipinski definition) is 1. The van der Waals surface area contributed by atoms with Crippen LogP contribution in [-0.4, -0.2) is 11.7 Å². The molecule has 0 atom stereocenters. The zero-order valence-electron chi connectivity index (χ0n) is 10.3. The van der Waals surface area contributed by atoms with E-state index in [-0.39, 0.29) is 11.4 Å². The summed E-state index contributed by atoms with van der Waals surface area (Å²) in [6, 6.07) is 3.70. The average Bonchev–Trinajstić information content (AvgIpc) is 2.20. The van der Waals surface area contributed by atoms with E-state index in [9.17, 15) is 9.18 Å². The van der Waals surface area contributed by atoms with E-state index in [1.807, 2.05) is 0 Å². The number of amides is 1. The minimum atomic E-state index is -0.752. The van der Waals surface area contributed by atoms with Gasteiger partial charge in [-0.25, -0.2) is 9.18 Å². The molecule has 0 radical (unpaired) electrons. The molecule has 0 heterocycles. The van der Waals surface area contributed by atoms with Gasteiger partial charge in [0.05, 0.1) is 5.69 Å². The number of ether oxygens (including phenoxy) is 1. The molecule has 6 nitrogen and oxygen atoms in total. The lowest BCUT2D eigenvalue weighted by Gasteiger charge is -2.19.